The summed E-state index contributed by atoms with van der Waals surface area (Å²) in [4.78, 5) is 23.7. The van der Waals surface area contributed by atoms with E-state index >= 15 is 0 Å². The minimum Gasteiger partial charge on any atom is -0.427 e. The molecular weight excluding hydrogens is 290 g/mol. The van der Waals surface area contributed by atoms with E-state index in [2.05, 4.69) is 19.2 Å². The van der Waals surface area contributed by atoms with Gasteiger partial charge in [-0.05, 0) is 48.7 Å². The molecule has 2 aromatic carbocycles. The largest absolute Gasteiger partial charge is 0.427 e. The van der Waals surface area contributed by atoms with Crippen LogP contribution in [-0.4, -0.2) is 11.9 Å². The molecule has 0 bridgehead atoms. The van der Waals surface area contributed by atoms with Crippen molar-refractivity contribution in [2.24, 2.45) is 5.92 Å². The van der Waals surface area contributed by atoms with Crippen molar-refractivity contribution >= 4 is 17.6 Å². The fourth-order valence-electron chi connectivity index (χ4n) is 1.99. The van der Waals surface area contributed by atoms with E-state index < -0.39 is 0 Å². The molecular formula is C19H21NO3. The third-order valence-electron chi connectivity index (χ3n) is 3.31. The van der Waals surface area contributed by atoms with Crippen molar-refractivity contribution in [1.82, 2.24) is 0 Å². The molecule has 0 radical (unpaired) electrons. The van der Waals surface area contributed by atoms with Crippen LogP contribution in [0.1, 0.15) is 37.0 Å². The van der Waals surface area contributed by atoms with Gasteiger partial charge >= 0.3 is 5.97 Å². The Morgan fingerprint density at radius 1 is 1.00 bits per heavy atom. The third kappa shape index (κ3) is 5.58. The van der Waals surface area contributed by atoms with Gasteiger partial charge in [-0.25, -0.2) is 0 Å². The molecule has 4 nitrogen and oxygen atoms in total. The molecule has 2 aromatic rings. The van der Waals surface area contributed by atoms with Crippen LogP contribution in [0.4, 0.5) is 5.69 Å². The zero-order valence-electron chi connectivity index (χ0n) is 13.4. The smallest absolute Gasteiger partial charge is 0.311 e. The fourth-order valence-corrected chi connectivity index (χ4v) is 1.99. The Labute approximate surface area is 136 Å². The molecule has 0 saturated carbocycles. The number of nitrogens with one attached hydrogen (secondary N) is 1. The molecule has 0 heterocycles. The number of carbonyl (C=O) groups excluding carboxylic acids is 2. The van der Waals surface area contributed by atoms with Gasteiger partial charge in [-0.3, -0.25) is 9.59 Å². The Bertz CT molecular complexity index is 648. The van der Waals surface area contributed by atoms with Gasteiger partial charge in [-0.15, -0.1) is 0 Å². The Balaban J connectivity index is 1.89. The van der Waals surface area contributed by atoms with Crippen LogP contribution >= 0.6 is 0 Å². The lowest BCUT2D eigenvalue weighted by atomic mass is 10.1. The Morgan fingerprint density at radius 3 is 2.26 bits per heavy atom. The molecule has 0 aliphatic carbocycles. The lowest BCUT2D eigenvalue weighted by Crippen LogP contribution is -2.12. The van der Waals surface area contributed by atoms with Crippen molar-refractivity contribution in [3.63, 3.8) is 0 Å². The second-order valence-corrected chi connectivity index (χ2v) is 5.75. The summed E-state index contributed by atoms with van der Waals surface area (Å²) < 4.78 is 5.26. The first-order chi connectivity index (χ1) is 11.0. The van der Waals surface area contributed by atoms with Crippen molar-refractivity contribution in [3.8, 4) is 5.75 Å². The highest BCUT2D eigenvalue weighted by Crippen LogP contribution is 2.17. The molecule has 0 spiro atoms. The summed E-state index contributed by atoms with van der Waals surface area (Å²) in [7, 11) is 0. The van der Waals surface area contributed by atoms with E-state index in [1.807, 2.05) is 18.2 Å². The molecule has 2 rings (SSSR count). The number of rotatable bonds is 6. The van der Waals surface area contributed by atoms with Crippen LogP contribution in [0.2, 0.25) is 0 Å². The lowest BCUT2D eigenvalue weighted by Gasteiger charge is -2.08. The highest BCUT2D eigenvalue weighted by atomic mass is 16.5. The molecule has 0 atom stereocenters. The number of anilines is 1. The average Bonchev–Trinajstić information content (AvgIpc) is 2.55. The van der Waals surface area contributed by atoms with Gasteiger partial charge in [-0.2, -0.15) is 0 Å². The minimum absolute atomic E-state index is 0.174. The summed E-state index contributed by atoms with van der Waals surface area (Å²) in [6, 6.07) is 15.8. The molecule has 0 aliphatic rings. The van der Waals surface area contributed by atoms with Gasteiger partial charge in [-0.1, -0.05) is 32.0 Å². The summed E-state index contributed by atoms with van der Waals surface area (Å²) in [5.74, 6) is 0.543. The van der Waals surface area contributed by atoms with E-state index in [4.69, 9.17) is 4.74 Å². The van der Waals surface area contributed by atoms with Crippen LogP contribution < -0.4 is 10.1 Å². The molecule has 0 fully saturated rings. The van der Waals surface area contributed by atoms with Gasteiger partial charge in [0.1, 0.15) is 5.75 Å². The van der Waals surface area contributed by atoms with Gasteiger partial charge < -0.3 is 10.1 Å². The Kier molecular flexibility index (Phi) is 5.92. The topological polar surface area (TPSA) is 55.4 Å². The van der Waals surface area contributed by atoms with Gasteiger partial charge in [0.25, 0.3) is 5.91 Å². The van der Waals surface area contributed by atoms with E-state index in [9.17, 15) is 9.59 Å². The maximum atomic E-state index is 12.0. The van der Waals surface area contributed by atoms with Gasteiger partial charge in [0.2, 0.25) is 0 Å². The zero-order chi connectivity index (χ0) is 16.7. The zero-order valence-corrected chi connectivity index (χ0v) is 13.4. The van der Waals surface area contributed by atoms with E-state index in [-0.39, 0.29) is 11.9 Å². The molecule has 0 aliphatic heterocycles. The number of esters is 1. The van der Waals surface area contributed by atoms with Crippen molar-refractivity contribution in [3.05, 3.63) is 60.2 Å². The van der Waals surface area contributed by atoms with Crippen molar-refractivity contribution in [2.45, 2.75) is 26.7 Å². The summed E-state index contributed by atoms with van der Waals surface area (Å²) in [6.45, 7) is 4.13. The predicted molar refractivity (Wildman–Crippen MR) is 90.5 cm³/mol. The van der Waals surface area contributed by atoms with Crippen molar-refractivity contribution < 1.29 is 14.3 Å². The van der Waals surface area contributed by atoms with Crippen LogP contribution in [0.5, 0.6) is 5.75 Å². The second-order valence-electron chi connectivity index (χ2n) is 5.75. The van der Waals surface area contributed by atoms with Crippen LogP contribution in [0, 0.1) is 5.92 Å². The predicted octanol–water partition coefficient (Wildman–Crippen LogP) is 4.28. The van der Waals surface area contributed by atoms with Crippen molar-refractivity contribution in [2.75, 3.05) is 5.32 Å². The summed E-state index contributed by atoms with van der Waals surface area (Å²) in [5.41, 5.74) is 1.25. The highest BCUT2D eigenvalue weighted by Gasteiger charge is 2.08. The number of ether oxygens (including phenoxy) is 1. The quantitative estimate of drug-likeness (QED) is 0.640. The van der Waals surface area contributed by atoms with Crippen LogP contribution in [0.15, 0.2) is 54.6 Å². The van der Waals surface area contributed by atoms with Crippen LogP contribution in [0.3, 0.4) is 0 Å². The fraction of sp³-hybridized carbons (Fsp3) is 0.263. The molecule has 120 valence electrons. The molecule has 0 unspecified atom stereocenters. The van der Waals surface area contributed by atoms with Gasteiger partial charge in [0.15, 0.2) is 0 Å². The normalized spacial score (nSPS) is 10.4. The minimum atomic E-state index is -0.236. The maximum Gasteiger partial charge on any atom is 0.311 e. The SMILES string of the molecule is CC(C)CCC(=O)Oc1ccc(NC(=O)c2ccccc2)cc1. The number of hydrogen-bond acceptors (Lipinski definition) is 3. The van der Waals surface area contributed by atoms with Crippen LogP contribution in [-0.2, 0) is 4.79 Å². The standard InChI is InChI=1S/C19H21NO3/c1-14(2)8-13-18(21)23-17-11-9-16(10-12-17)20-19(22)15-6-4-3-5-7-15/h3-7,9-12,14H,8,13H2,1-2H3,(H,20,22). The molecule has 1 N–H and O–H groups in total. The monoisotopic (exact) mass is 311 g/mol. The number of amides is 1. The van der Waals surface area contributed by atoms with Crippen LogP contribution in [0.25, 0.3) is 0 Å². The van der Waals surface area contributed by atoms with Crippen molar-refractivity contribution in [1.29, 1.82) is 0 Å². The Morgan fingerprint density at radius 2 is 1.65 bits per heavy atom. The number of carbonyl (C=O) groups is 2. The first-order valence-electron chi connectivity index (χ1n) is 7.72. The highest BCUT2D eigenvalue weighted by molar-refractivity contribution is 6.04. The molecule has 0 aromatic heterocycles. The molecule has 23 heavy (non-hydrogen) atoms. The number of benzene rings is 2. The van der Waals surface area contributed by atoms with E-state index in [1.165, 1.54) is 0 Å². The summed E-state index contributed by atoms with van der Waals surface area (Å²) in [5, 5.41) is 2.80. The average molecular weight is 311 g/mol. The second kappa shape index (κ2) is 8.13. The first-order valence-corrected chi connectivity index (χ1v) is 7.72. The Hall–Kier alpha value is -2.62. The number of hydrogen-bond donors (Lipinski definition) is 1. The molecule has 0 saturated heterocycles. The van der Waals surface area contributed by atoms with E-state index in [0.29, 0.717) is 29.3 Å². The summed E-state index contributed by atoms with van der Waals surface area (Å²) in [6.07, 6.45) is 1.22. The lowest BCUT2D eigenvalue weighted by molar-refractivity contribution is -0.134. The van der Waals surface area contributed by atoms with Gasteiger partial charge in [0.05, 0.1) is 0 Å². The maximum absolute atomic E-state index is 12.0. The molecule has 1 amide bonds. The van der Waals surface area contributed by atoms with Gasteiger partial charge in [0, 0.05) is 17.7 Å². The summed E-state index contributed by atoms with van der Waals surface area (Å²) >= 11 is 0. The van der Waals surface area contributed by atoms with E-state index in [1.54, 1.807) is 36.4 Å². The third-order valence-corrected chi connectivity index (χ3v) is 3.31. The van der Waals surface area contributed by atoms with E-state index in [0.717, 1.165) is 6.42 Å². The molecule has 4 heteroatoms. The first kappa shape index (κ1) is 16.7.